The number of hydrogen-bond donors (Lipinski definition) is 1. The summed E-state index contributed by atoms with van der Waals surface area (Å²) in [5.41, 5.74) is 1.01. The minimum absolute atomic E-state index is 0.0783. The summed E-state index contributed by atoms with van der Waals surface area (Å²) < 4.78 is 38.0. The van der Waals surface area contributed by atoms with Crippen LogP contribution in [0.5, 0.6) is 11.5 Å². The average Bonchev–Trinajstić information content (AvgIpc) is 2.78. The van der Waals surface area contributed by atoms with Crippen LogP contribution in [0.15, 0.2) is 47.4 Å². The molecule has 0 radical (unpaired) electrons. The molecular formula is C22H26N2O6S. The van der Waals surface area contributed by atoms with Crippen molar-refractivity contribution in [3.63, 3.8) is 0 Å². The molecule has 9 heteroatoms. The minimum Gasteiger partial charge on any atom is -0.493 e. The quantitative estimate of drug-likeness (QED) is 0.656. The lowest BCUT2D eigenvalue weighted by molar-refractivity contribution is -0.120. The van der Waals surface area contributed by atoms with Crippen molar-refractivity contribution in [3.05, 3.63) is 48.0 Å². The normalized spacial score (nSPS) is 17.1. The maximum atomic E-state index is 13.2. The molecule has 1 atom stereocenters. The molecule has 0 aromatic heterocycles. The first-order chi connectivity index (χ1) is 14.8. The number of nitrogens with one attached hydrogen (secondary N) is 1. The molecule has 0 unspecified atom stereocenters. The average molecular weight is 447 g/mol. The summed E-state index contributed by atoms with van der Waals surface area (Å²) in [5, 5.41) is 2.80. The second kappa shape index (κ2) is 9.49. The van der Waals surface area contributed by atoms with Gasteiger partial charge in [0.25, 0.3) is 0 Å². The van der Waals surface area contributed by atoms with Crippen molar-refractivity contribution in [3.8, 4) is 11.5 Å². The van der Waals surface area contributed by atoms with Gasteiger partial charge in [-0.1, -0.05) is 12.1 Å². The van der Waals surface area contributed by atoms with Crippen molar-refractivity contribution < 1.29 is 27.5 Å². The molecule has 2 aromatic carbocycles. The predicted octanol–water partition coefficient (Wildman–Crippen LogP) is 2.95. The predicted molar refractivity (Wildman–Crippen MR) is 116 cm³/mol. The van der Waals surface area contributed by atoms with E-state index in [2.05, 4.69) is 5.32 Å². The van der Waals surface area contributed by atoms with E-state index in [9.17, 15) is 18.0 Å². The first kappa shape index (κ1) is 22.8. The fraction of sp³-hybridized carbons (Fsp3) is 0.364. The number of ketones is 1. The Bertz CT molecular complexity index is 1080. The Hall–Kier alpha value is -2.91. The number of carbonyl (C=O) groups is 2. The van der Waals surface area contributed by atoms with E-state index in [1.165, 1.54) is 37.6 Å². The van der Waals surface area contributed by atoms with E-state index in [1.807, 2.05) is 0 Å². The molecule has 1 fully saturated rings. The van der Waals surface area contributed by atoms with Crippen molar-refractivity contribution in [2.75, 3.05) is 32.6 Å². The van der Waals surface area contributed by atoms with Crippen LogP contribution in [-0.4, -0.2) is 51.7 Å². The molecule has 1 saturated heterocycles. The van der Waals surface area contributed by atoms with Crippen molar-refractivity contribution in [2.45, 2.75) is 24.7 Å². The highest BCUT2D eigenvalue weighted by molar-refractivity contribution is 7.89. The van der Waals surface area contributed by atoms with Crippen LogP contribution in [0.2, 0.25) is 0 Å². The molecule has 0 spiro atoms. The lowest BCUT2D eigenvalue weighted by Gasteiger charge is -2.31. The van der Waals surface area contributed by atoms with Gasteiger partial charge in [-0.3, -0.25) is 9.59 Å². The zero-order valence-electron chi connectivity index (χ0n) is 17.8. The minimum atomic E-state index is -3.80. The summed E-state index contributed by atoms with van der Waals surface area (Å²) in [7, 11) is -0.884. The summed E-state index contributed by atoms with van der Waals surface area (Å²) in [6.45, 7) is 1.87. The monoisotopic (exact) mass is 446 g/mol. The Morgan fingerprint density at radius 2 is 1.81 bits per heavy atom. The molecule has 166 valence electrons. The van der Waals surface area contributed by atoms with Gasteiger partial charge >= 0.3 is 0 Å². The molecule has 1 N–H and O–H groups in total. The number of hydrogen-bond acceptors (Lipinski definition) is 6. The van der Waals surface area contributed by atoms with E-state index >= 15 is 0 Å². The second-order valence-electron chi connectivity index (χ2n) is 7.35. The number of piperidine rings is 1. The lowest BCUT2D eigenvalue weighted by Crippen LogP contribution is -2.43. The zero-order valence-corrected chi connectivity index (χ0v) is 18.6. The summed E-state index contributed by atoms with van der Waals surface area (Å²) >= 11 is 0. The third-order valence-electron chi connectivity index (χ3n) is 5.28. The smallest absolute Gasteiger partial charge is 0.243 e. The van der Waals surface area contributed by atoms with E-state index in [4.69, 9.17) is 9.47 Å². The van der Waals surface area contributed by atoms with Crippen LogP contribution in [0.1, 0.15) is 30.1 Å². The standard InChI is InChI=1S/C22H26N2O6S/c1-15(25)16-6-4-8-18(12-16)23-22(26)17-7-5-11-24(14-17)31(27,28)19-9-10-20(29-2)21(13-19)30-3/h4,6,8-10,12-13,17H,5,7,11,14H2,1-3H3,(H,23,26)/t17-/m0/s1. The van der Waals surface area contributed by atoms with Gasteiger partial charge < -0.3 is 14.8 Å². The van der Waals surface area contributed by atoms with Gasteiger partial charge in [0.2, 0.25) is 15.9 Å². The summed E-state index contributed by atoms with van der Waals surface area (Å²) in [4.78, 5) is 24.4. The lowest BCUT2D eigenvalue weighted by atomic mass is 9.98. The van der Waals surface area contributed by atoms with Gasteiger partial charge in [0.15, 0.2) is 17.3 Å². The molecule has 1 amide bonds. The number of ether oxygens (including phenoxy) is 2. The number of benzene rings is 2. The van der Waals surface area contributed by atoms with Gasteiger partial charge in [-0.25, -0.2) is 8.42 Å². The molecule has 0 saturated carbocycles. The number of amides is 1. The van der Waals surface area contributed by atoms with Gasteiger partial charge in [0.1, 0.15) is 0 Å². The summed E-state index contributed by atoms with van der Waals surface area (Å²) in [6, 6.07) is 11.1. The Morgan fingerprint density at radius 3 is 2.48 bits per heavy atom. The van der Waals surface area contributed by atoms with E-state index in [-0.39, 0.29) is 23.1 Å². The molecule has 0 aliphatic carbocycles. The van der Waals surface area contributed by atoms with Crippen LogP contribution in [0.4, 0.5) is 5.69 Å². The number of sulfonamides is 1. The van der Waals surface area contributed by atoms with Crippen molar-refractivity contribution in [1.82, 2.24) is 4.31 Å². The van der Waals surface area contributed by atoms with E-state index < -0.39 is 15.9 Å². The largest absolute Gasteiger partial charge is 0.493 e. The number of methoxy groups -OCH3 is 2. The Balaban J connectivity index is 1.75. The highest BCUT2D eigenvalue weighted by Crippen LogP contribution is 2.32. The van der Waals surface area contributed by atoms with Crippen molar-refractivity contribution in [1.29, 1.82) is 0 Å². The SMILES string of the molecule is COc1ccc(S(=O)(=O)N2CCC[C@H](C(=O)Nc3cccc(C(C)=O)c3)C2)cc1OC. The molecule has 31 heavy (non-hydrogen) atoms. The van der Waals surface area contributed by atoms with Gasteiger partial charge in [-0.2, -0.15) is 4.31 Å². The Morgan fingerprint density at radius 1 is 1.06 bits per heavy atom. The first-order valence-corrected chi connectivity index (χ1v) is 11.3. The van der Waals surface area contributed by atoms with E-state index in [0.29, 0.717) is 42.1 Å². The van der Waals surface area contributed by atoms with Gasteiger partial charge in [-0.15, -0.1) is 0 Å². The van der Waals surface area contributed by atoms with Crippen LogP contribution >= 0.6 is 0 Å². The molecule has 2 aromatic rings. The molecule has 0 bridgehead atoms. The number of nitrogens with zero attached hydrogens (tertiary/aromatic N) is 1. The molecular weight excluding hydrogens is 420 g/mol. The molecule has 1 aliphatic heterocycles. The van der Waals surface area contributed by atoms with Crippen LogP contribution in [0.25, 0.3) is 0 Å². The topological polar surface area (TPSA) is 102 Å². The number of rotatable bonds is 7. The molecule has 1 aliphatic rings. The number of carbonyl (C=O) groups excluding carboxylic acids is 2. The molecule has 8 nitrogen and oxygen atoms in total. The highest BCUT2D eigenvalue weighted by Gasteiger charge is 2.33. The van der Waals surface area contributed by atoms with Crippen LogP contribution in [0, 0.1) is 5.92 Å². The van der Waals surface area contributed by atoms with E-state index in [0.717, 1.165) is 0 Å². The van der Waals surface area contributed by atoms with E-state index in [1.54, 1.807) is 30.3 Å². The fourth-order valence-electron chi connectivity index (χ4n) is 3.56. The molecule has 3 rings (SSSR count). The van der Waals surface area contributed by atoms with Gasteiger partial charge in [0, 0.05) is 30.4 Å². The van der Waals surface area contributed by atoms with Gasteiger partial charge in [-0.05, 0) is 44.0 Å². The maximum Gasteiger partial charge on any atom is 0.243 e. The van der Waals surface area contributed by atoms with Gasteiger partial charge in [0.05, 0.1) is 25.0 Å². The summed E-state index contributed by atoms with van der Waals surface area (Å²) in [6.07, 6.45) is 1.15. The summed E-state index contributed by atoms with van der Waals surface area (Å²) in [5.74, 6) is -0.108. The van der Waals surface area contributed by atoms with Crippen LogP contribution in [-0.2, 0) is 14.8 Å². The van der Waals surface area contributed by atoms with Crippen LogP contribution < -0.4 is 14.8 Å². The van der Waals surface area contributed by atoms with Crippen LogP contribution in [0.3, 0.4) is 0 Å². The van der Waals surface area contributed by atoms with Crippen molar-refractivity contribution >= 4 is 27.4 Å². The Labute approximate surface area is 182 Å². The number of anilines is 1. The number of Topliss-reactive ketones (excluding diaryl/α,β-unsaturated/α-hetero) is 1. The van der Waals surface area contributed by atoms with Crippen molar-refractivity contribution in [2.24, 2.45) is 5.92 Å². The third kappa shape index (κ3) is 5.05. The molecule has 1 heterocycles. The highest BCUT2D eigenvalue weighted by atomic mass is 32.2. The third-order valence-corrected chi connectivity index (χ3v) is 7.15. The maximum absolute atomic E-state index is 13.2. The zero-order chi connectivity index (χ0) is 22.6. The second-order valence-corrected chi connectivity index (χ2v) is 9.28. The first-order valence-electron chi connectivity index (χ1n) is 9.90. The Kier molecular flexibility index (Phi) is 6.97. The fourth-order valence-corrected chi connectivity index (χ4v) is 5.10.